The smallest absolute Gasteiger partial charge is 0.268 e. The molecule has 0 aliphatic heterocycles. The zero-order valence-electron chi connectivity index (χ0n) is 6.70. The molecule has 5 heteroatoms. The summed E-state index contributed by atoms with van der Waals surface area (Å²) in [5, 5.41) is 10.5. The van der Waals surface area contributed by atoms with Crippen LogP contribution < -0.4 is 5.32 Å². The summed E-state index contributed by atoms with van der Waals surface area (Å²) in [4.78, 5) is 24.0. The molecule has 0 aromatic carbocycles. The fraction of sp³-hybridized carbons (Fsp3) is 0.125. The summed E-state index contributed by atoms with van der Waals surface area (Å²) in [5.74, 6) is -0.394. The number of carbonyl (C=O) groups excluding carboxylic acids is 2. The third-order valence-corrected chi connectivity index (χ3v) is 1.41. The highest BCUT2D eigenvalue weighted by atomic mass is 16.1. The lowest BCUT2D eigenvalue weighted by atomic mass is 10.3. The van der Waals surface area contributed by atoms with E-state index in [0.717, 1.165) is 0 Å². The Morgan fingerprint density at radius 2 is 2.54 bits per heavy atom. The molecule has 1 aromatic heterocycles. The van der Waals surface area contributed by atoms with Crippen LogP contribution in [0.2, 0.25) is 0 Å². The van der Waals surface area contributed by atoms with Gasteiger partial charge in [0.25, 0.3) is 5.91 Å². The highest BCUT2D eigenvalue weighted by Gasteiger charge is 2.06. The molecule has 1 rings (SSSR count). The van der Waals surface area contributed by atoms with Crippen LogP contribution in [0.3, 0.4) is 0 Å². The van der Waals surface area contributed by atoms with Crippen LogP contribution in [0.1, 0.15) is 20.8 Å². The quantitative estimate of drug-likeness (QED) is 0.506. The maximum absolute atomic E-state index is 11.1. The highest BCUT2D eigenvalue weighted by Crippen LogP contribution is 1.99. The first-order chi connectivity index (χ1) is 6.27. The molecule has 1 aromatic rings. The standard InChI is InChI=1S/C8H7N3O2/c9-1-2-10-8(13)7-3-6(5-12)4-11-7/h3-5,11H,2H2,(H,10,13). The van der Waals surface area contributed by atoms with Crippen LogP contribution in [0.25, 0.3) is 0 Å². The monoisotopic (exact) mass is 177 g/mol. The Morgan fingerprint density at radius 1 is 1.77 bits per heavy atom. The van der Waals surface area contributed by atoms with E-state index < -0.39 is 5.91 Å². The molecule has 13 heavy (non-hydrogen) atoms. The van der Waals surface area contributed by atoms with Crippen LogP contribution >= 0.6 is 0 Å². The van der Waals surface area contributed by atoms with Gasteiger partial charge in [-0.25, -0.2) is 0 Å². The lowest BCUT2D eigenvalue weighted by Gasteiger charge is -1.95. The summed E-state index contributed by atoms with van der Waals surface area (Å²) in [6.07, 6.45) is 2.06. The molecule has 0 spiro atoms. The average molecular weight is 177 g/mol. The normalized spacial score (nSPS) is 8.85. The summed E-state index contributed by atoms with van der Waals surface area (Å²) in [6.45, 7) is -0.0473. The van der Waals surface area contributed by atoms with Gasteiger partial charge in [-0.1, -0.05) is 0 Å². The molecular formula is C8H7N3O2. The lowest BCUT2D eigenvalue weighted by Crippen LogP contribution is -2.23. The molecule has 2 N–H and O–H groups in total. The number of nitrogens with one attached hydrogen (secondary N) is 2. The van der Waals surface area contributed by atoms with Crippen LogP contribution in [0, 0.1) is 11.3 Å². The number of amides is 1. The minimum atomic E-state index is -0.394. The molecule has 5 nitrogen and oxygen atoms in total. The number of nitriles is 1. The molecule has 0 fully saturated rings. The Bertz CT molecular complexity index is 362. The van der Waals surface area contributed by atoms with Gasteiger partial charge < -0.3 is 10.3 Å². The SMILES string of the molecule is N#CCNC(=O)c1cc(C=O)c[nH]1. The van der Waals surface area contributed by atoms with Crippen molar-refractivity contribution in [1.82, 2.24) is 10.3 Å². The van der Waals surface area contributed by atoms with Crippen molar-refractivity contribution in [3.8, 4) is 6.07 Å². The second-order valence-corrected chi connectivity index (χ2v) is 2.31. The Kier molecular flexibility index (Phi) is 2.82. The number of hydrogen-bond acceptors (Lipinski definition) is 3. The van der Waals surface area contributed by atoms with Crippen molar-refractivity contribution >= 4 is 12.2 Å². The van der Waals surface area contributed by atoms with E-state index in [9.17, 15) is 9.59 Å². The number of nitrogens with zero attached hydrogens (tertiary/aromatic N) is 1. The van der Waals surface area contributed by atoms with Gasteiger partial charge in [0, 0.05) is 11.8 Å². The predicted molar refractivity (Wildman–Crippen MR) is 44.1 cm³/mol. The van der Waals surface area contributed by atoms with Crippen LogP contribution in [0.15, 0.2) is 12.3 Å². The number of rotatable bonds is 3. The van der Waals surface area contributed by atoms with Gasteiger partial charge in [-0.05, 0) is 6.07 Å². The molecule has 1 heterocycles. The van der Waals surface area contributed by atoms with Crippen molar-refractivity contribution < 1.29 is 9.59 Å². The number of aldehydes is 1. The van der Waals surface area contributed by atoms with Gasteiger partial charge in [0.05, 0.1) is 6.07 Å². The van der Waals surface area contributed by atoms with E-state index >= 15 is 0 Å². The van der Waals surface area contributed by atoms with Crippen LogP contribution in [-0.2, 0) is 0 Å². The summed E-state index contributed by atoms with van der Waals surface area (Å²) >= 11 is 0. The molecule has 0 radical (unpaired) electrons. The molecular weight excluding hydrogens is 170 g/mol. The van der Waals surface area contributed by atoms with Gasteiger partial charge in [-0.15, -0.1) is 0 Å². The first-order valence-electron chi connectivity index (χ1n) is 3.56. The van der Waals surface area contributed by atoms with Crippen molar-refractivity contribution in [2.75, 3.05) is 6.54 Å². The van der Waals surface area contributed by atoms with Crippen molar-refractivity contribution in [2.45, 2.75) is 0 Å². The maximum atomic E-state index is 11.1. The third kappa shape index (κ3) is 2.17. The first-order valence-corrected chi connectivity index (χ1v) is 3.56. The van der Waals surface area contributed by atoms with E-state index in [1.807, 2.05) is 0 Å². The minimum Gasteiger partial charge on any atom is -0.357 e. The third-order valence-electron chi connectivity index (χ3n) is 1.41. The number of hydrogen-bond donors (Lipinski definition) is 2. The Morgan fingerprint density at radius 3 is 3.08 bits per heavy atom. The predicted octanol–water partition coefficient (Wildman–Crippen LogP) is 0.0806. The molecule has 0 saturated heterocycles. The van der Waals surface area contributed by atoms with E-state index in [1.165, 1.54) is 12.3 Å². The summed E-state index contributed by atoms with van der Waals surface area (Å²) in [5.41, 5.74) is 0.680. The summed E-state index contributed by atoms with van der Waals surface area (Å²) < 4.78 is 0. The molecule has 0 aliphatic rings. The maximum Gasteiger partial charge on any atom is 0.268 e. The Hall–Kier alpha value is -2.09. The Labute approximate surface area is 74.4 Å². The van der Waals surface area contributed by atoms with Crippen LogP contribution in [0.5, 0.6) is 0 Å². The topological polar surface area (TPSA) is 85.8 Å². The van der Waals surface area contributed by atoms with Crippen molar-refractivity contribution in [3.63, 3.8) is 0 Å². The second-order valence-electron chi connectivity index (χ2n) is 2.31. The molecule has 0 aliphatic carbocycles. The van der Waals surface area contributed by atoms with Gasteiger partial charge >= 0.3 is 0 Å². The first kappa shape index (κ1) is 9.00. The van der Waals surface area contributed by atoms with E-state index in [2.05, 4.69) is 10.3 Å². The minimum absolute atomic E-state index is 0.0473. The highest BCUT2D eigenvalue weighted by molar-refractivity contribution is 5.94. The number of carbonyl (C=O) groups is 2. The van der Waals surface area contributed by atoms with Crippen molar-refractivity contribution in [2.24, 2.45) is 0 Å². The zero-order valence-corrected chi connectivity index (χ0v) is 6.70. The van der Waals surface area contributed by atoms with Gasteiger partial charge in [0.1, 0.15) is 12.2 Å². The fourth-order valence-electron chi connectivity index (χ4n) is 0.825. The van der Waals surface area contributed by atoms with E-state index in [1.54, 1.807) is 6.07 Å². The fourth-order valence-corrected chi connectivity index (χ4v) is 0.825. The zero-order chi connectivity index (χ0) is 9.68. The van der Waals surface area contributed by atoms with E-state index in [4.69, 9.17) is 5.26 Å². The molecule has 1 amide bonds. The van der Waals surface area contributed by atoms with Crippen molar-refractivity contribution in [1.29, 1.82) is 5.26 Å². The summed E-state index contributed by atoms with van der Waals surface area (Å²) in [7, 11) is 0. The van der Waals surface area contributed by atoms with E-state index in [-0.39, 0.29) is 12.2 Å². The molecule has 0 unspecified atom stereocenters. The average Bonchev–Trinajstić information content (AvgIpc) is 2.62. The largest absolute Gasteiger partial charge is 0.357 e. The van der Waals surface area contributed by atoms with Gasteiger partial charge in [-0.3, -0.25) is 9.59 Å². The Balaban J connectivity index is 2.67. The summed E-state index contributed by atoms with van der Waals surface area (Å²) in [6, 6.07) is 3.19. The molecule has 0 saturated carbocycles. The molecule has 66 valence electrons. The van der Waals surface area contributed by atoms with Gasteiger partial charge in [0.15, 0.2) is 6.29 Å². The van der Waals surface area contributed by atoms with Gasteiger partial charge in [0.2, 0.25) is 0 Å². The van der Waals surface area contributed by atoms with Crippen molar-refractivity contribution in [3.05, 3.63) is 23.5 Å². The lowest BCUT2D eigenvalue weighted by molar-refractivity contribution is 0.0954. The molecule has 0 atom stereocenters. The second kappa shape index (κ2) is 4.07. The van der Waals surface area contributed by atoms with E-state index in [0.29, 0.717) is 11.8 Å². The van der Waals surface area contributed by atoms with Crippen LogP contribution in [0.4, 0.5) is 0 Å². The number of H-pyrrole nitrogens is 1. The van der Waals surface area contributed by atoms with Gasteiger partial charge in [-0.2, -0.15) is 5.26 Å². The number of aromatic nitrogens is 1. The number of aromatic amines is 1. The van der Waals surface area contributed by atoms with Crippen LogP contribution in [-0.4, -0.2) is 23.7 Å². The molecule has 0 bridgehead atoms.